The Morgan fingerprint density at radius 3 is 2.61 bits per heavy atom. The van der Waals surface area contributed by atoms with Gasteiger partial charge in [-0.2, -0.15) is 5.10 Å². The first-order valence-electron chi connectivity index (χ1n) is 5.90. The lowest BCUT2D eigenvalue weighted by molar-refractivity contribution is 0.641. The van der Waals surface area contributed by atoms with Gasteiger partial charge in [0, 0.05) is 31.7 Å². The molecule has 0 aliphatic heterocycles. The lowest BCUT2D eigenvalue weighted by Crippen LogP contribution is -2.21. The number of hydrogen-bond donors (Lipinski definition) is 1. The third-order valence-corrected chi connectivity index (χ3v) is 3.43. The van der Waals surface area contributed by atoms with Gasteiger partial charge in [0.25, 0.3) is 0 Å². The molecule has 2 aromatic heterocycles. The molecular formula is C12H17N5S. The van der Waals surface area contributed by atoms with Crippen LogP contribution in [0, 0.1) is 0 Å². The van der Waals surface area contributed by atoms with E-state index in [1.807, 2.05) is 25.6 Å². The Hall–Kier alpha value is -1.40. The van der Waals surface area contributed by atoms with Crippen LogP contribution in [0.25, 0.3) is 0 Å². The maximum Gasteiger partial charge on any atom is 0.192 e. The van der Waals surface area contributed by atoms with Gasteiger partial charge in [-0.15, -0.1) is 0 Å². The summed E-state index contributed by atoms with van der Waals surface area (Å²) in [6.45, 7) is 2.08. The summed E-state index contributed by atoms with van der Waals surface area (Å²) in [7, 11) is 1.89. The SMILES string of the molecule is CCC(N)Cc1cnc(Sc2cnn(C)c2)nc1. The Morgan fingerprint density at radius 1 is 1.33 bits per heavy atom. The van der Waals surface area contributed by atoms with Gasteiger partial charge in [0.15, 0.2) is 5.16 Å². The lowest BCUT2D eigenvalue weighted by atomic mass is 10.1. The van der Waals surface area contributed by atoms with Crippen LogP contribution in [0.1, 0.15) is 18.9 Å². The summed E-state index contributed by atoms with van der Waals surface area (Å²) in [5, 5.41) is 4.84. The molecule has 18 heavy (non-hydrogen) atoms. The van der Waals surface area contributed by atoms with E-state index in [1.165, 1.54) is 11.8 Å². The van der Waals surface area contributed by atoms with Crippen molar-refractivity contribution < 1.29 is 0 Å². The summed E-state index contributed by atoms with van der Waals surface area (Å²) in [4.78, 5) is 9.70. The molecule has 0 bridgehead atoms. The van der Waals surface area contributed by atoms with Crippen molar-refractivity contribution >= 4 is 11.8 Å². The van der Waals surface area contributed by atoms with Crippen LogP contribution in [0.3, 0.4) is 0 Å². The molecule has 96 valence electrons. The zero-order valence-electron chi connectivity index (χ0n) is 10.6. The smallest absolute Gasteiger partial charge is 0.192 e. The van der Waals surface area contributed by atoms with Crippen molar-refractivity contribution in [3.05, 3.63) is 30.4 Å². The normalized spacial score (nSPS) is 12.6. The molecule has 0 aliphatic carbocycles. The summed E-state index contributed by atoms with van der Waals surface area (Å²) < 4.78 is 1.76. The van der Waals surface area contributed by atoms with Gasteiger partial charge >= 0.3 is 0 Å². The van der Waals surface area contributed by atoms with Gasteiger partial charge in [0.1, 0.15) is 0 Å². The molecule has 0 saturated carbocycles. The summed E-state index contributed by atoms with van der Waals surface area (Å²) in [5.74, 6) is 0. The van der Waals surface area contributed by atoms with E-state index >= 15 is 0 Å². The average Bonchev–Trinajstić information content (AvgIpc) is 2.77. The van der Waals surface area contributed by atoms with Gasteiger partial charge in [-0.25, -0.2) is 9.97 Å². The Labute approximate surface area is 111 Å². The van der Waals surface area contributed by atoms with E-state index in [9.17, 15) is 0 Å². The van der Waals surface area contributed by atoms with Crippen molar-refractivity contribution in [1.82, 2.24) is 19.7 Å². The molecule has 1 unspecified atom stereocenters. The highest BCUT2D eigenvalue weighted by Gasteiger charge is 2.05. The van der Waals surface area contributed by atoms with Crippen molar-refractivity contribution in [1.29, 1.82) is 0 Å². The van der Waals surface area contributed by atoms with Crippen molar-refractivity contribution in [2.45, 2.75) is 35.9 Å². The number of aryl methyl sites for hydroxylation is 1. The molecule has 0 aliphatic rings. The molecule has 0 fully saturated rings. The summed E-state index contributed by atoms with van der Waals surface area (Å²) in [5.41, 5.74) is 6.98. The van der Waals surface area contributed by atoms with Crippen LogP contribution in [-0.4, -0.2) is 25.8 Å². The number of nitrogens with zero attached hydrogens (tertiary/aromatic N) is 4. The van der Waals surface area contributed by atoms with E-state index in [1.54, 1.807) is 10.9 Å². The Kier molecular flexibility index (Phi) is 4.33. The third kappa shape index (κ3) is 3.54. The second-order valence-corrected chi connectivity index (χ2v) is 5.24. The quantitative estimate of drug-likeness (QED) is 0.830. The standard InChI is InChI=1S/C12H17N5S/c1-3-10(13)4-9-5-14-12(15-6-9)18-11-7-16-17(2)8-11/h5-8,10H,3-4,13H2,1-2H3. The van der Waals surface area contributed by atoms with Crippen molar-refractivity contribution in [3.8, 4) is 0 Å². The maximum absolute atomic E-state index is 5.90. The van der Waals surface area contributed by atoms with E-state index in [-0.39, 0.29) is 6.04 Å². The molecular weight excluding hydrogens is 246 g/mol. The molecule has 2 rings (SSSR count). The molecule has 0 radical (unpaired) electrons. The highest BCUT2D eigenvalue weighted by atomic mass is 32.2. The molecule has 0 aromatic carbocycles. The minimum absolute atomic E-state index is 0.186. The highest BCUT2D eigenvalue weighted by molar-refractivity contribution is 7.99. The Morgan fingerprint density at radius 2 is 2.06 bits per heavy atom. The van der Waals surface area contributed by atoms with Crippen LogP contribution in [0.15, 0.2) is 34.8 Å². The molecule has 1 atom stereocenters. The second kappa shape index (κ2) is 5.97. The Bertz CT molecular complexity index is 493. The largest absolute Gasteiger partial charge is 0.327 e. The zero-order valence-corrected chi connectivity index (χ0v) is 11.4. The van der Waals surface area contributed by atoms with Gasteiger partial charge in [0.2, 0.25) is 0 Å². The van der Waals surface area contributed by atoms with Crippen molar-refractivity contribution in [3.63, 3.8) is 0 Å². The predicted molar refractivity (Wildman–Crippen MR) is 71.3 cm³/mol. The topological polar surface area (TPSA) is 69.6 Å². The summed E-state index contributed by atoms with van der Waals surface area (Å²) in [6.07, 6.45) is 9.23. The first kappa shape index (κ1) is 13.0. The van der Waals surface area contributed by atoms with Crippen molar-refractivity contribution in [2.75, 3.05) is 0 Å². The van der Waals surface area contributed by atoms with E-state index in [0.717, 1.165) is 28.5 Å². The van der Waals surface area contributed by atoms with Crippen LogP contribution in [0.4, 0.5) is 0 Å². The van der Waals surface area contributed by atoms with Gasteiger partial charge in [-0.3, -0.25) is 4.68 Å². The van der Waals surface area contributed by atoms with Gasteiger partial charge in [-0.1, -0.05) is 6.92 Å². The third-order valence-electron chi connectivity index (χ3n) is 2.59. The first-order chi connectivity index (χ1) is 8.67. The Balaban J connectivity index is 1.99. The minimum Gasteiger partial charge on any atom is -0.327 e. The zero-order chi connectivity index (χ0) is 13.0. The van der Waals surface area contributed by atoms with Crippen LogP contribution in [0.5, 0.6) is 0 Å². The monoisotopic (exact) mass is 263 g/mol. The van der Waals surface area contributed by atoms with E-state index in [2.05, 4.69) is 22.0 Å². The lowest BCUT2D eigenvalue weighted by Gasteiger charge is -2.07. The molecule has 2 N–H and O–H groups in total. The molecule has 2 aromatic rings. The average molecular weight is 263 g/mol. The molecule has 0 spiro atoms. The van der Waals surface area contributed by atoms with Crippen LogP contribution < -0.4 is 5.73 Å². The number of nitrogens with two attached hydrogens (primary N) is 1. The van der Waals surface area contributed by atoms with Crippen molar-refractivity contribution in [2.24, 2.45) is 12.8 Å². The van der Waals surface area contributed by atoms with Crippen LogP contribution in [0.2, 0.25) is 0 Å². The minimum atomic E-state index is 0.186. The molecule has 6 heteroatoms. The molecule has 5 nitrogen and oxygen atoms in total. The molecule has 0 amide bonds. The fourth-order valence-electron chi connectivity index (χ4n) is 1.51. The molecule has 2 heterocycles. The van der Waals surface area contributed by atoms with E-state index in [0.29, 0.717) is 0 Å². The van der Waals surface area contributed by atoms with Gasteiger partial charge < -0.3 is 5.73 Å². The summed E-state index contributed by atoms with van der Waals surface area (Å²) >= 11 is 1.50. The van der Waals surface area contributed by atoms with Gasteiger partial charge in [-0.05, 0) is 30.2 Å². The van der Waals surface area contributed by atoms with Gasteiger partial charge in [0.05, 0.1) is 11.1 Å². The van der Waals surface area contributed by atoms with Crippen LogP contribution >= 0.6 is 11.8 Å². The van der Waals surface area contributed by atoms with E-state index in [4.69, 9.17) is 5.73 Å². The highest BCUT2D eigenvalue weighted by Crippen LogP contribution is 2.23. The predicted octanol–water partition coefficient (Wildman–Crippen LogP) is 1.64. The number of hydrogen-bond acceptors (Lipinski definition) is 5. The first-order valence-corrected chi connectivity index (χ1v) is 6.72. The fourth-order valence-corrected chi connectivity index (χ4v) is 2.23. The maximum atomic E-state index is 5.90. The molecule has 0 saturated heterocycles. The number of rotatable bonds is 5. The van der Waals surface area contributed by atoms with Crippen LogP contribution in [-0.2, 0) is 13.5 Å². The number of aromatic nitrogens is 4. The second-order valence-electron chi connectivity index (χ2n) is 4.20. The fraction of sp³-hybridized carbons (Fsp3) is 0.417. The van der Waals surface area contributed by atoms with E-state index < -0.39 is 0 Å². The summed E-state index contributed by atoms with van der Waals surface area (Å²) in [6, 6.07) is 0.186.